The third-order valence-electron chi connectivity index (χ3n) is 10.5. The van der Waals surface area contributed by atoms with Crippen LogP contribution in [0.25, 0.3) is 71.6 Å². The molecule has 2 nitrogen and oxygen atoms in total. The second kappa shape index (κ2) is 13.4. The molecule has 54 heavy (non-hydrogen) atoms. The van der Waals surface area contributed by atoms with E-state index in [1.165, 1.54) is 66.0 Å². The Bertz CT molecular complexity index is 2860. The van der Waals surface area contributed by atoms with Crippen molar-refractivity contribution >= 4 is 49.6 Å². The summed E-state index contributed by atoms with van der Waals surface area (Å²) in [6.07, 6.45) is 0. The standard InChI is InChI=1S/C52H36N2/c1-4-16-37(17-5-1)42-32-43(38-18-6-2-7-19-38)35-46(34-42)54-51-28-13-12-27-48(51)49-36-41(30-31-52(49)54)40-22-14-25-45(33-40)53(44-23-8-3-9-24-44)50-29-15-21-39-20-10-11-26-47(39)50/h1-36H. The summed E-state index contributed by atoms with van der Waals surface area (Å²) in [4.78, 5) is 2.38. The van der Waals surface area contributed by atoms with Gasteiger partial charge in [-0.1, -0.05) is 152 Å². The van der Waals surface area contributed by atoms with Crippen molar-refractivity contribution in [2.45, 2.75) is 0 Å². The van der Waals surface area contributed by atoms with Gasteiger partial charge in [-0.3, -0.25) is 0 Å². The van der Waals surface area contributed by atoms with Gasteiger partial charge in [-0.05, 0) is 105 Å². The predicted molar refractivity (Wildman–Crippen MR) is 229 cm³/mol. The molecule has 10 aromatic rings. The fourth-order valence-electron chi connectivity index (χ4n) is 8.00. The van der Waals surface area contributed by atoms with Crippen LogP contribution < -0.4 is 4.90 Å². The summed E-state index contributed by atoms with van der Waals surface area (Å²) in [7, 11) is 0. The lowest BCUT2D eigenvalue weighted by atomic mass is 9.98. The van der Waals surface area contributed by atoms with Gasteiger partial charge in [0.15, 0.2) is 0 Å². The van der Waals surface area contributed by atoms with Crippen molar-refractivity contribution in [3.8, 4) is 39.1 Å². The quantitative estimate of drug-likeness (QED) is 0.162. The maximum absolute atomic E-state index is 2.43. The average molecular weight is 689 g/mol. The Morgan fingerprint density at radius 2 is 0.833 bits per heavy atom. The minimum atomic E-state index is 1.11. The molecule has 0 bridgehead atoms. The fraction of sp³-hybridized carbons (Fsp3) is 0. The van der Waals surface area contributed by atoms with Gasteiger partial charge in [0.05, 0.1) is 16.7 Å². The molecule has 0 N–H and O–H groups in total. The maximum Gasteiger partial charge on any atom is 0.0541 e. The first-order valence-corrected chi connectivity index (χ1v) is 18.5. The van der Waals surface area contributed by atoms with Crippen molar-refractivity contribution in [3.63, 3.8) is 0 Å². The van der Waals surface area contributed by atoms with E-state index in [4.69, 9.17) is 0 Å². The number of benzene rings is 9. The number of aromatic nitrogens is 1. The van der Waals surface area contributed by atoms with Crippen LogP contribution in [0.2, 0.25) is 0 Å². The molecule has 1 heterocycles. The first-order chi connectivity index (χ1) is 26.8. The van der Waals surface area contributed by atoms with Gasteiger partial charge in [0.2, 0.25) is 0 Å². The first-order valence-electron chi connectivity index (χ1n) is 18.5. The van der Waals surface area contributed by atoms with Crippen LogP contribution in [0.15, 0.2) is 218 Å². The smallest absolute Gasteiger partial charge is 0.0541 e. The molecule has 0 unspecified atom stereocenters. The largest absolute Gasteiger partial charge is 0.310 e. The Hall–Kier alpha value is -7.16. The highest BCUT2D eigenvalue weighted by Crippen LogP contribution is 2.42. The van der Waals surface area contributed by atoms with Crippen LogP contribution >= 0.6 is 0 Å². The van der Waals surface area contributed by atoms with Gasteiger partial charge in [-0.2, -0.15) is 0 Å². The third-order valence-corrected chi connectivity index (χ3v) is 10.5. The lowest BCUT2D eigenvalue weighted by molar-refractivity contribution is 1.18. The molecule has 0 atom stereocenters. The Kier molecular flexibility index (Phi) is 7.85. The minimum absolute atomic E-state index is 1.11. The second-order valence-electron chi connectivity index (χ2n) is 13.8. The van der Waals surface area contributed by atoms with E-state index >= 15 is 0 Å². The van der Waals surface area contributed by atoms with E-state index in [0.29, 0.717) is 0 Å². The van der Waals surface area contributed by atoms with Crippen LogP contribution in [0.5, 0.6) is 0 Å². The topological polar surface area (TPSA) is 8.17 Å². The molecule has 1 aromatic heterocycles. The van der Waals surface area contributed by atoms with Crippen molar-refractivity contribution < 1.29 is 0 Å². The summed E-state index contributed by atoms with van der Waals surface area (Å²) >= 11 is 0. The molecule has 0 saturated carbocycles. The van der Waals surface area contributed by atoms with Gasteiger partial charge in [0.25, 0.3) is 0 Å². The zero-order valence-corrected chi connectivity index (χ0v) is 29.7. The highest BCUT2D eigenvalue weighted by Gasteiger charge is 2.18. The molecule has 0 radical (unpaired) electrons. The summed E-state index contributed by atoms with van der Waals surface area (Å²) < 4.78 is 2.43. The van der Waals surface area contributed by atoms with Gasteiger partial charge < -0.3 is 9.47 Å². The van der Waals surface area contributed by atoms with Crippen LogP contribution in [-0.4, -0.2) is 4.57 Å². The van der Waals surface area contributed by atoms with Crippen molar-refractivity contribution in [2.75, 3.05) is 4.90 Å². The van der Waals surface area contributed by atoms with E-state index in [9.17, 15) is 0 Å². The zero-order chi connectivity index (χ0) is 35.8. The van der Waals surface area contributed by atoms with Gasteiger partial charge in [0, 0.05) is 33.2 Å². The van der Waals surface area contributed by atoms with E-state index in [2.05, 4.69) is 228 Å². The number of para-hydroxylation sites is 2. The van der Waals surface area contributed by atoms with Crippen LogP contribution in [0.1, 0.15) is 0 Å². The van der Waals surface area contributed by atoms with E-state index in [1.54, 1.807) is 0 Å². The Morgan fingerprint density at radius 1 is 0.296 bits per heavy atom. The second-order valence-corrected chi connectivity index (χ2v) is 13.8. The van der Waals surface area contributed by atoms with Crippen molar-refractivity contribution in [1.29, 1.82) is 0 Å². The maximum atomic E-state index is 2.43. The molecule has 2 heteroatoms. The fourth-order valence-corrected chi connectivity index (χ4v) is 8.00. The van der Waals surface area contributed by atoms with Crippen LogP contribution in [-0.2, 0) is 0 Å². The highest BCUT2D eigenvalue weighted by atomic mass is 15.1. The van der Waals surface area contributed by atoms with E-state index in [0.717, 1.165) is 22.7 Å². The molecule has 0 aliphatic heterocycles. The van der Waals surface area contributed by atoms with Gasteiger partial charge in [-0.25, -0.2) is 0 Å². The summed E-state index contributed by atoms with van der Waals surface area (Å²) in [6.45, 7) is 0. The van der Waals surface area contributed by atoms with Gasteiger partial charge in [-0.15, -0.1) is 0 Å². The Balaban J connectivity index is 1.14. The van der Waals surface area contributed by atoms with Crippen LogP contribution in [0.3, 0.4) is 0 Å². The number of fused-ring (bicyclic) bond motifs is 4. The molecule has 254 valence electrons. The van der Waals surface area contributed by atoms with E-state index < -0.39 is 0 Å². The van der Waals surface area contributed by atoms with Gasteiger partial charge in [0.1, 0.15) is 0 Å². The number of nitrogens with zero attached hydrogens (tertiary/aromatic N) is 2. The first kappa shape index (κ1) is 31.6. The van der Waals surface area contributed by atoms with Crippen LogP contribution in [0, 0.1) is 0 Å². The molecule has 10 rings (SSSR count). The molecular weight excluding hydrogens is 653 g/mol. The number of hydrogen-bond donors (Lipinski definition) is 0. The monoisotopic (exact) mass is 688 g/mol. The summed E-state index contributed by atoms with van der Waals surface area (Å²) in [5.41, 5.74) is 14.1. The zero-order valence-electron chi connectivity index (χ0n) is 29.7. The predicted octanol–water partition coefficient (Wildman–Crippen LogP) is 14.4. The Labute approximate surface area is 315 Å². The average Bonchev–Trinajstić information content (AvgIpc) is 3.59. The van der Waals surface area contributed by atoms with Gasteiger partial charge >= 0.3 is 0 Å². The molecule has 0 saturated heterocycles. The van der Waals surface area contributed by atoms with Crippen molar-refractivity contribution in [1.82, 2.24) is 4.57 Å². The molecule has 0 amide bonds. The number of rotatable bonds is 7. The lowest BCUT2D eigenvalue weighted by Gasteiger charge is -2.27. The highest BCUT2D eigenvalue weighted by molar-refractivity contribution is 6.11. The molecule has 0 fully saturated rings. The molecule has 0 spiro atoms. The number of anilines is 3. The summed E-state index contributed by atoms with van der Waals surface area (Å²) in [5.74, 6) is 0. The third kappa shape index (κ3) is 5.62. The van der Waals surface area contributed by atoms with Crippen molar-refractivity contribution in [3.05, 3.63) is 218 Å². The normalized spacial score (nSPS) is 11.3. The molecule has 9 aromatic carbocycles. The SMILES string of the molecule is c1ccc(-c2cc(-c3ccccc3)cc(-n3c4ccccc4c4cc(-c5cccc(N(c6ccccc6)c6cccc7ccccc67)c5)ccc43)c2)cc1. The van der Waals surface area contributed by atoms with E-state index in [1.807, 2.05) is 0 Å². The summed E-state index contributed by atoms with van der Waals surface area (Å²) in [5, 5.41) is 4.90. The Morgan fingerprint density at radius 3 is 1.57 bits per heavy atom. The van der Waals surface area contributed by atoms with E-state index in [-0.39, 0.29) is 0 Å². The molecular formula is C52H36N2. The molecule has 0 aliphatic rings. The molecule has 0 aliphatic carbocycles. The number of hydrogen-bond acceptors (Lipinski definition) is 1. The van der Waals surface area contributed by atoms with Crippen LogP contribution in [0.4, 0.5) is 17.1 Å². The van der Waals surface area contributed by atoms with Crippen molar-refractivity contribution in [2.24, 2.45) is 0 Å². The summed E-state index contributed by atoms with van der Waals surface area (Å²) in [6, 6.07) is 78.9. The minimum Gasteiger partial charge on any atom is -0.310 e. The lowest BCUT2D eigenvalue weighted by Crippen LogP contribution is -2.10.